The Hall–Kier alpha value is -1.99. The van der Waals surface area contributed by atoms with E-state index in [4.69, 9.17) is 52.8 Å². The van der Waals surface area contributed by atoms with Gasteiger partial charge in [-0.15, -0.1) is 0 Å². The summed E-state index contributed by atoms with van der Waals surface area (Å²) >= 11 is 0. The molecule has 0 aromatic rings. The summed E-state index contributed by atoms with van der Waals surface area (Å²) in [5, 5.41) is 20.9. The molecular formula is C50H98N2O14. The highest BCUT2D eigenvalue weighted by atomic mass is 16.5. The molecule has 392 valence electrons. The Morgan fingerprint density at radius 1 is 0.424 bits per heavy atom. The predicted molar refractivity (Wildman–Crippen MR) is 258 cm³/mol. The number of hydrogen-bond donors (Lipinski definition) is 3. The summed E-state index contributed by atoms with van der Waals surface area (Å²) in [6.45, 7) is 34.6. The highest BCUT2D eigenvalue weighted by molar-refractivity contribution is 5.72. The Morgan fingerprint density at radius 3 is 1.20 bits per heavy atom. The number of nitrogens with zero attached hydrogens (tertiary/aromatic N) is 1. The molecule has 0 fully saturated rings. The molecule has 3 N–H and O–H groups in total. The monoisotopic (exact) mass is 951 g/mol. The van der Waals surface area contributed by atoms with Crippen LogP contribution in [0.15, 0.2) is 0 Å². The Balaban J connectivity index is 5.11. The summed E-state index contributed by atoms with van der Waals surface area (Å²) in [6.07, 6.45) is 7.31. The number of carboxylic acids is 2. The summed E-state index contributed by atoms with van der Waals surface area (Å²) in [5.41, 5.74) is -2.37. The number of carbonyl (C=O) groups excluding carboxylic acids is 1. The molecule has 0 aromatic carbocycles. The first-order chi connectivity index (χ1) is 30.9. The predicted octanol–water partition coefficient (Wildman–Crippen LogP) is 8.10. The van der Waals surface area contributed by atoms with Crippen LogP contribution in [-0.2, 0) is 57.0 Å². The maximum absolute atomic E-state index is 11.2. The Morgan fingerprint density at radius 2 is 0.788 bits per heavy atom. The minimum Gasteiger partial charge on any atom is -0.481 e. The van der Waals surface area contributed by atoms with E-state index < -0.39 is 28.7 Å². The number of rotatable bonds is 46. The molecule has 4 atom stereocenters. The van der Waals surface area contributed by atoms with Crippen LogP contribution in [0.5, 0.6) is 0 Å². The van der Waals surface area contributed by atoms with Crippen molar-refractivity contribution in [3.05, 3.63) is 0 Å². The van der Waals surface area contributed by atoms with Crippen LogP contribution in [0.3, 0.4) is 0 Å². The van der Waals surface area contributed by atoms with Crippen LogP contribution in [0.1, 0.15) is 167 Å². The largest absolute Gasteiger partial charge is 0.481 e. The van der Waals surface area contributed by atoms with Crippen molar-refractivity contribution in [3.63, 3.8) is 0 Å². The van der Waals surface area contributed by atoms with Crippen LogP contribution >= 0.6 is 0 Å². The molecule has 0 saturated heterocycles. The average molecular weight is 951 g/mol. The zero-order valence-corrected chi connectivity index (χ0v) is 44.0. The molecule has 0 spiro atoms. The molecule has 0 bridgehead atoms. The van der Waals surface area contributed by atoms with Gasteiger partial charge in [-0.3, -0.25) is 19.3 Å². The van der Waals surface area contributed by atoms with Crippen molar-refractivity contribution in [2.24, 2.45) is 0 Å². The van der Waals surface area contributed by atoms with E-state index in [0.29, 0.717) is 118 Å². The van der Waals surface area contributed by atoms with Gasteiger partial charge in [-0.05, 0) is 120 Å². The Labute approximate surface area is 400 Å². The first-order valence-electron chi connectivity index (χ1n) is 24.9. The lowest BCUT2D eigenvalue weighted by Crippen LogP contribution is -2.36. The first kappa shape index (κ1) is 64.0. The zero-order valence-electron chi connectivity index (χ0n) is 44.0. The number of amides is 1. The molecule has 0 aliphatic rings. The third-order valence-electron chi connectivity index (χ3n) is 12.9. The molecular weight excluding hydrogens is 853 g/mol. The summed E-state index contributed by atoms with van der Waals surface area (Å²) in [7, 11) is 0. The van der Waals surface area contributed by atoms with Crippen molar-refractivity contribution in [2.45, 2.75) is 201 Å². The van der Waals surface area contributed by atoms with Crippen molar-refractivity contribution < 1.29 is 67.2 Å². The molecule has 4 unspecified atom stereocenters. The molecule has 0 radical (unpaired) electrons. The molecule has 0 rings (SSSR count). The second kappa shape index (κ2) is 34.3. The maximum atomic E-state index is 11.2. The van der Waals surface area contributed by atoms with E-state index in [1.807, 2.05) is 55.4 Å². The van der Waals surface area contributed by atoms with Crippen LogP contribution in [0.25, 0.3) is 0 Å². The fraction of sp³-hybridized carbons (Fsp3) is 0.940. The molecule has 16 nitrogen and oxygen atoms in total. The summed E-state index contributed by atoms with van der Waals surface area (Å²) in [5.74, 6) is -1.75. The Kier molecular flexibility index (Phi) is 33.3. The van der Waals surface area contributed by atoms with Crippen molar-refractivity contribution in [3.8, 4) is 0 Å². The van der Waals surface area contributed by atoms with Crippen LogP contribution in [0, 0.1) is 0 Å². The van der Waals surface area contributed by atoms with Gasteiger partial charge in [-0.1, -0.05) is 27.7 Å². The lowest BCUT2D eigenvalue weighted by Gasteiger charge is -2.33. The van der Waals surface area contributed by atoms with E-state index in [1.54, 1.807) is 0 Å². The lowest BCUT2D eigenvalue weighted by atomic mass is 9.96. The summed E-state index contributed by atoms with van der Waals surface area (Å²) < 4.78 is 55.3. The van der Waals surface area contributed by atoms with Gasteiger partial charge in [0.25, 0.3) is 0 Å². The van der Waals surface area contributed by atoms with Crippen molar-refractivity contribution in [1.82, 2.24) is 10.2 Å². The summed E-state index contributed by atoms with van der Waals surface area (Å²) in [6, 6.07) is 0. The third kappa shape index (κ3) is 33.5. The van der Waals surface area contributed by atoms with E-state index in [2.05, 4.69) is 37.9 Å². The number of carboxylic acid groups (broad SMARTS) is 2. The van der Waals surface area contributed by atoms with Crippen LogP contribution in [0.2, 0.25) is 0 Å². The van der Waals surface area contributed by atoms with Crippen molar-refractivity contribution >= 4 is 17.8 Å². The number of carbonyl (C=O) groups is 3. The van der Waals surface area contributed by atoms with Gasteiger partial charge in [0.05, 0.1) is 106 Å². The topological polar surface area (TPSA) is 190 Å². The van der Waals surface area contributed by atoms with E-state index in [1.165, 1.54) is 6.92 Å². The summed E-state index contributed by atoms with van der Waals surface area (Å²) in [4.78, 5) is 35.5. The van der Waals surface area contributed by atoms with Gasteiger partial charge in [0, 0.05) is 52.7 Å². The van der Waals surface area contributed by atoms with Gasteiger partial charge < -0.3 is 58.2 Å². The van der Waals surface area contributed by atoms with E-state index in [9.17, 15) is 14.4 Å². The zero-order chi connectivity index (χ0) is 50.2. The fourth-order valence-electron chi connectivity index (χ4n) is 6.63. The quantitative estimate of drug-likeness (QED) is 0.0496. The number of aliphatic carboxylic acids is 2. The standard InChI is InChI=1S/C50H98N2O14/c1-14-47(10,20-18-43(54)55)64-33-22-46(8,9)62-41-40-60-39-29-52(27-37-58-31-23-48(11,15-2)65-34-21-45(6,7)61-36-26-51-42(5)53)28-38-59-32-24-49(12,16-3)66-35-25-50(13,17-4)63-30-19-44(56)57/h14-41H2,1-13H3,(H,51,53)(H,54,55)(H,56,57). The minimum absolute atomic E-state index is 0.0160. The SMILES string of the molecule is CCC(C)(CCOCCN(CCOCCOC(C)(C)CCOC(C)(CC)CCC(=O)O)CCOCCC(C)(CC)OCCC(C)(CC)OCCC(=O)O)OCCC(C)(C)OCCNC(C)=O. The number of nitrogens with one attached hydrogen (secondary N) is 1. The molecule has 0 aliphatic heterocycles. The average Bonchev–Trinajstić information content (AvgIpc) is 3.24. The molecule has 66 heavy (non-hydrogen) atoms. The third-order valence-corrected chi connectivity index (χ3v) is 12.9. The molecule has 1 amide bonds. The van der Waals surface area contributed by atoms with Gasteiger partial charge in [-0.2, -0.15) is 0 Å². The normalized spacial score (nSPS) is 16.1. The smallest absolute Gasteiger partial charge is 0.305 e. The second-order valence-electron chi connectivity index (χ2n) is 19.8. The van der Waals surface area contributed by atoms with Gasteiger partial charge in [0.2, 0.25) is 5.91 Å². The van der Waals surface area contributed by atoms with E-state index in [0.717, 1.165) is 44.9 Å². The lowest BCUT2D eigenvalue weighted by molar-refractivity contribution is -0.141. The first-order valence-corrected chi connectivity index (χ1v) is 24.9. The second-order valence-corrected chi connectivity index (χ2v) is 19.8. The number of hydrogen-bond acceptors (Lipinski definition) is 13. The van der Waals surface area contributed by atoms with E-state index in [-0.39, 0.29) is 42.2 Å². The van der Waals surface area contributed by atoms with Crippen LogP contribution in [-0.4, -0.2) is 172 Å². The molecule has 0 heterocycles. The molecule has 0 aliphatic carbocycles. The van der Waals surface area contributed by atoms with Crippen molar-refractivity contribution in [1.29, 1.82) is 0 Å². The van der Waals surface area contributed by atoms with Gasteiger partial charge in [0.1, 0.15) is 0 Å². The molecule has 0 aromatic heterocycles. The minimum atomic E-state index is -0.865. The highest BCUT2D eigenvalue weighted by Gasteiger charge is 2.29. The van der Waals surface area contributed by atoms with Gasteiger partial charge in [-0.25, -0.2) is 0 Å². The van der Waals surface area contributed by atoms with E-state index >= 15 is 0 Å². The highest BCUT2D eigenvalue weighted by Crippen LogP contribution is 2.27. The van der Waals surface area contributed by atoms with Crippen LogP contribution < -0.4 is 5.32 Å². The van der Waals surface area contributed by atoms with Gasteiger partial charge >= 0.3 is 11.9 Å². The number of ether oxygens (including phenoxy) is 9. The maximum Gasteiger partial charge on any atom is 0.305 e. The van der Waals surface area contributed by atoms with Crippen LogP contribution in [0.4, 0.5) is 0 Å². The van der Waals surface area contributed by atoms with Crippen molar-refractivity contribution in [2.75, 3.05) is 105 Å². The molecule has 16 heteroatoms. The Bertz CT molecular complexity index is 1290. The fourth-order valence-corrected chi connectivity index (χ4v) is 6.63. The molecule has 0 saturated carbocycles. The van der Waals surface area contributed by atoms with Gasteiger partial charge in [0.15, 0.2) is 0 Å².